The summed E-state index contributed by atoms with van der Waals surface area (Å²) in [4.78, 5) is 14.4. The summed E-state index contributed by atoms with van der Waals surface area (Å²) in [7, 11) is 1.84. The van der Waals surface area contributed by atoms with Crippen molar-refractivity contribution in [3.8, 4) is 0 Å². The number of fused-ring (bicyclic) bond motifs is 2. The van der Waals surface area contributed by atoms with Crippen LogP contribution < -0.4 is 10.6 Å². The molecule has 6 heteroatoms. The number of nitrogens with two attached hydrogens (primary N) is 1. The zero-order valence-corrected chi connectivity index (χ0v) is 14.3. The Balaban J connectivity index is 0.00000144. The number of benzene rings is 1. The van der Waals surface area contributed by atoms with E-state index >= 15 is 0 Å². The lowest BCUT2D eigenvalue weighted by atomic mass is 9.98. The molecule has 2 aliphatic rings. The third kappa shape index (κ3) is 2.60. The Bertz CT molecular complexity index is 741. The molecule has 120 valence electrons. The molecule has 4 rings (SSSR count). The minimum Gasteiger partial charge on any atom is -0.327 e. The van der Waals surface area contributed by atoms with Gasteiger partial charge in [-0.1, -0.05) is 17.4 Å². The Morgan fingerprint density at radius 2 is 2.14 bits per heavy atom. The number of hydrogen-bond donors (Lipinski definition) is 1. The van der Waals surface area contributed by atoms with Gasteiger partial charge in [-0.3, -0.25) is 9.69 Å². The molecule has 0 bridgehead atoms. The van der Waals surface area contributed by atoms with Crippen molar-refractivity contribution in [1.82, 2.24) is 9.47 Å². The summed E-state index contributed by atoms with van der Waals surface area (Å²) in [6.45, 7) is 3.29. The Morgan fingerprint density at radius 1 is 1.32 bits per heavy atom. The standard InChI is InChI=1S/C16H21N3OS.ClH/c1-18-14-5-2-10(6-15(14)21-16(18)20)7-19-8-11-3-4-13(17)12(11)9-19;/h2,5-6,11-13H,3-4,7-9,17H2,1H3;1H. The van der Waals surface area contributed by atoms with Gasteiger partial charge in [0.25, 0.3) is 0 Å². The fraction of sp³-hybridized carbons (Fsp3) is 0.562. The van der Waals surface area contributed by atoms with E-state index in [0.717, 1.165) is 29.2 Å². The van der Waals surface area contributed by atoms with Crippen molar-refractivity contribution in [3.63, 3.8) is 0 Å². The van der Waals surface area contributed by atoms with E-state index in [1.54, 1.807) is 4.57 Å². The molecule has 0 amide bonds. The first kappa shape index (κ1) is 16.0. The van der Waals surface area contributed by atoms with Gasteiger partial charge in [0.2, 0.25) is 0 Å². The molecule has 3 unspecified atom stereocenters. The highest BCUT2D eigenvalue weighted by Gasteiger charge is 2.40. The second-order valence-corrected chi connectivity index (χ2v) is 7.58. The Morgan fingerprint density at radius 3 is 2.91 bits per heavy atom. The molecule has 1 aliphatic heterocycles. The lowest BCUT2D eigenvalue weighted by Gasteiger charge is -2.18. The molecule has 2 fully saturated rings. The topological polar surface area (TPSA) is 51.3 Å². The third-order valence-corrected chi connectivity index (χ3v) is 6.25. The molecule has 3 atom stereocenters. The van der Waals surface area contributed by atoms with E-state index in [9.17, 15) is 4.79 Å². The van der Waals surface area contributed by atoms with E-state index in [1.807, 2.05) is 7.05 Å². The van der Waals surface area contributed by atoms with Gasteiger partial charge in [0, 0.05) is 32.7 Å². The van der Waals surface area contributed by atoms with Gasteiger partial charge >= 0.3 is 4.87 Å². The number of likely N-dealkylation sites (tertiary alicyclic amines) is 1. The molecule has 1 saturated carbocycles. The van der Waals surface area contributed by atoms with Crippen molar-refractivity contribution in [1.29, 1.82) is 0 Å². The van der Waals surface area contributed by atoms with Gasteiger partial charge < -0.3 is 10.3 Å². The number of aryl methyl sites for hydroxylation is 1. The summed E-state index contributed by atoms with van der Waals surface area (Å²) >= 11 is 1.34. The monoisotopic (exact) mass is 339 g/mol. The van der Waals surface area contributed by atoms with Crippen LogP contribution in [0, 0.1) is 11.8 Å². The van der Waals surface area contributed by atoms with Crippen LogP contribution in [0.15, 0.2) is 23.0 Å². The van der Waals surface area contributed by atoms with E-state index in [2.05, 4.69) is 23.1 Å². The first-order valence-corrected chi connectivity index (χ1v) is 8.50. The molecular weight excluding hydrogens is 318 g/mol. The molecular formula is C16H22ClN3OS. The number of rotatable bonds is 2. The molecule has 0 spiro atoms. The van der Waals surface area contributed by atoms with Crippen LogP contribution in [0.25, 0.3) is 10.2 Å². The van der Waals surface area contributed by atoms with Crippen LogP contribution in [0.2, 0.25) is 0 Å². The van der Waals surface area contributed by atoms with Crippen molar-refractivity contribution in [2.24, 2.45) is 24.6 Å². The third-order valence-electron chi connectivity index (χ3n) is 5.25. The van der Waals surface area contributed by atoms with Crippen LogP contribution in [0.4, 0.5) is 0 Å². The van der Waals surface area contributed by atoms with Gasteiger partial charge in [-0.25, -0.2) is 0 Å². The smallest absolute Gasteiger partial charge is 0.307 e. The number of halogens is 1. The second kappa shape index (κ2) is 5.96. The first-order chi connectivity index (χ1) is 10.1. The average molecular weight is 340 g/mol. The Hall–Kier alpha value is -0.880. The molecule has 2 aromatic rings. The largest absolute Gasteiger partial charge is 0.327 e. The predicted octanol–water partition coefficient (Wildman–Crippen LogP) is 2.19. The molecule has 2 N–H and O–H groups in total. The molecule has 1 aliphatic carbocycles. The average Bonchev–Trinajstić information content (AvgIpc) is 3.08. The Labute approximate surface area is 140 Å². The molecule has 4 nitrogen and oxygen atoms in total. The fourth-order valence-electron chi connectivity index (χ4n) is 4.06. The summed E-state index contributed by atoms with van der Waals surface area (Å²) in [6.07, 6.45) is 2.49. The second-order valence-electron chi connectivity index (χ2n) is 6.59. The van der Waals surface area contributed by atoms with Gasteiger partial charge in [0.15, 0.2) is 0 Å². The van der Waals surface area contributed by atoms with Gasteiger partial charge in [0.1, 0.15) is 0 Å². The van der Waals surface area contributed by atoms with Gasteiger partial charge in [-0.05, 0) is 42.4 Å². The van der Waals surface area contributed by atoms with Crippen LogP contribution in [0.1, 0.15) is 18.4 Å². The highest BCUT2D eigenvalue weighted by Crippen LogP contribution is 2.37. The maximum absolute atomic E-state index is 11.7. The van der Waals surface area contributed by atoms with E-state index in [4.69, 9.17) is 5.73 Å². The maximum Gasteiger partial charge on any atom is 0.307 e. The van der Waals surface area contributed by atoms with E-state index < -0.39 is 0 Å². The fourth-order valence-corrected chi connectivity index (χ4v) is 5.01. The number of thiazole rings is 1. The summed E-state index contributed by atoms with van der Waals surface area (Å²) in [5.74, 6) is 1.50. The van der Waals surface area contributed by atoms with Gasteiger partial charge in [-0.15, -0.1) is 12.4 Å². The minimum absolute atomic E-state index is 0. The molecule has 1 aromatic carbocycles. The van der Waals surface area contributed by atoms with Crippen molar-refractivity contribution in [2.75, 3.05) is 13.1 Å². The SMILES string of the molecule is Cl.Cn1c(=O)sc2cc(CN3CC4CCC(N)C4C3)ccc21. The normalized spacial score (nSPS) is 28.0. The molecule has 1 saturated heterocycles. The summed E-state index contributed by atoms with van der Waals surface area (Å²) in [5.41, 5.74) is 8.55. The van der Waals surface area contributed by atoms with Gasteiger partial charge in [-0.2, -0.15) is 0 Å². The van der Waals surface area contributed by atoms with E-state index in [0.29, 0.717) is 12.0 Å². The summed E-state index contributed by atoms with van der Waals surface area (Å²) in [5, 5.41) is 0. The lowest BCUT2D eigenvalue weighted by Crippen LogP contribution is -2.30. The molecule has 0 radical (unpaired) electrons. The van der Waals surface area contributed by atoms with Crippen molar-refractivity contribution >= 4 is 34.0 Å². The number of aromatic nitrogens is 1. The number of nitrogens with zero attached hydrogens (tertiary/aromatic N) is 2. The van der Waals surface area contributed by atoms with Crippen LogP contribution in [0.3, 0.4) is 0 Å². The summed E-state index contributed by atoms with van der Waals surface area (Å²) in [6, 6.07) is 6.81. The molecule has 1 aromatic heterocycles. The maximum atomic E-state index is 11.7. The first-order valence-electron chi connectivity index (χ1n) is 7.68. The Kier molecular flexibility index (Phi) is 4.34. The zero-order chi connectivity index (χ0) is 14.6. The van der Waals surface area contributed by atoms with Crippen LogP contribution in [0.5, 0.6) is 0 Å². The minimum atomic E-state index is 0. The highest BCUT2D eigenvalue weighted by atomic mass is 35.5. The van der Waals surface area contributed by atoms with Crippen LogP contribution in [-0.4, -0.2) is 28.6 Å². The van der Waals surface area contributed by atoms with E-state index in [1.165, 1.54) is 36.3 Å². The predicted molar refractivity (Wildman–Crippen MR) is 93.8 cm³/mol. The van der Waals surface area contributed by atoms with E-state index in [-0.39, 0.29) is 17.3 Å². The molecule has 2 heterocycles. The highest BCUT2D eigenvalue weighted by molar-refractivity contribution is 7.16. The van der Waals surface area contributed by atoms with Crippen molar-refractivity contribution in [3.05, 3.63) is 33.4 Å². The van der Waals surface area contributed by atoms with Crippen LogP contribution >= 0.6 is 23.7 Å². The van der Waals surface area contributed by atoms with Crippen molar-refractivity contribution in [2.45, 2.75) is 25.4 Å². The number of hydrogen-bond acceptors (Lipinski definition) is 4. The van der Waals surface area contributed by atoms with Gasteiger partial charge in [0.05, 0.1) is 10.2 Å². The molecule has 22 heavy (non-hydrogen) atoms. The van der Waals surface area contributed by atoms with Crippen LogP contribution in [-0.2, 0) is 13.6 Å². The summed E-state index contributed by atoms with van der Waals surface area (Å²) < 4.78 is 2.82. The quantitative estimate of drug-likeness (QED) is 0.912. The zero-order valence-electron chi connectivity index (χ0n) is 12.7. The van der Waals surface area contributed by atoms with Crippen molar-refractivity contribution < 1.29 is 0 Å². The lowest BCUT2D eigenvalue weighted by molar-refractivity contribution is 0.298.